The van der Waals surface area contributed by atoms with Crippen molar-refractivity contribution in [2.45, 2.75) is 32.1 Å². The van der Waals surface area contributed by atoms with Crippen molar-refractivity contribution >= 4 is 56.7 Å². The summed E-state index contributed by atoms with van der Waals surface area (Å²) in [6, 6.07) is 3.23. The minimum atomic E-state index is -0.960. The van der Waals surface area contributed by atoms with E-state index in [4.69, 9.17) is 23.2 Å². The van der Waals surface area contributed by atoms with Crippen LogP contribution in [0, 0.1) is 5.41 Å². The van der Waals surface area contributed by atoms with Crippen molar-refractivity contribution in [3.05, 3.63) is 26.7 Å². The van der Waals surface area contributed by atoms with Crippen molar-refractivity contribution in [1.29, 1.82) is 0 Å². The highest BCUT2D eigenvalue weighted by Gasteiger charge is 2.43. The van der Waals surface area contributed by atoms with E-state index in [0.717, 1.165) is 12.8 Å². The molecule has 1 aliphatic carbocycles. The number of halogens is 3. The van der Waals surface area contributed by atoms with E-state index >= 15 is 0 Å². The van der Waals surface area contributed by atoms with Gasteiger partial charge in [-0.15, -0.1) is 0 Å². The van der Waals surface area contributed by atoms with Crippen molar-refractivity contribution < 1.29 is 14.7 Å². The van der Waals surface area contributed by atoms with Crippen LogP contribution in [0.5, 0.6) is 0 Å². The molecule has 0 unspecified atom stereocenters. The van der Waals surface area contributed by atoms with Gasteiger partial charge in [0.15, 0.2) is 0 Å². The number of aliphatic carboxylic acids is 1. The first-order valence-corrected chi connectivity index (χ1v) is 8.07. The monoisotopic (exact) mass is 393 g/mol. The summed E-state index contributed by atoms with van der Waals surface area (Å²) >= 11 is 15.3. The third kappa shape index (κ3) is 3.71. The van der Waals surface area contributed by atoms with Crippen molar-refractivity contribution in [1.82, 2.24) is 0 Å². The second-order valence-electron chi connectivity index (χ2n) is 5.26. The van der Waals surface area contributed by atoms with Gasteiger partial charge in [-0.1, -0.05) is 52.0 Å². The molecule has 0 heterocycles. The first-order chi connectivity index (χ1) is 9.84. The summed E-state index contributed by atoms with van der Waals surface area (Å²) in [6.07, 6.45) is 2.65. The minimum Gasteiger partial charge on any atom is -0.481 e. The normalized spacial score (nSPS) is 16.7. The molecule has 0 bridgehead atoms. The third-order valence-electron chi connectivity index (χ3n) is 3.78. The summed E-state index contributed by atoms with van der Waals surface area (Å²) in [6.45, 7) is 0. The second kappa shape index (κ2) is 6.55. The number of carbonyl (C=O) groups excluding carboxylic acids is 1. The number of anilines is 1. The molecule has 1 aliphatic rings. The molecule has 2 rings (SSSR count). The average molecular weight is 395 g/mol. The van der Waals surface area contributed by atoms with Crippen LogP contribution in [0.1, 0.15) is 32.1 Å². The van der Waals surface area contributed by atoms with Crippen LogP contribution in [0.2, 0.25) is 10.0 Å². The van der Waals surface area contributed by atoms with Crippen LogP contribution in [0.3, 0.4) is 0 Å². The molecule has 0 aromatic heterocycles. The number of benzene rings is 1. The SMILES string of the molecule is O=C(CC1(C(=O)O)CCCC1)Nc1c(Cl)cc(Br)cc1Cl. The summed E-state index contributed by atoms with van der Waals surface area (Å²) < 4.78 is 0.702. The minimum absolute atomic E-state index is 0.0644. The van der Waals surface area contributed by atoms with E-state index in [-0.39, 0.29) is 12.3 Å². The number of rotatable bonds is 4. The van der Waals surface area contributed by atoms with Gasteiger partial charge in [0.25, 0.3) is 0 Å². The number of carboxylic acid groups (broad SMARTS) is 1. The van der Waals surface area contributed by atoms with Gasteiger partial charge in [-0.05, 0) is 25.0 Å². The highest BCUT2D eigenvalue weighted by molar-refractivity contribution is 9.10. The highest BCUT2D eigenvalue weighted by atomic mass is 79.9. The zero-order valence-corrected chi connectivity index (χ0v) is 14.2. The maximum Gasteiger partial charge on any atom is 0.310 e. The van der Waals surface area contributed by atoms with Gasteiger partial charge >= 0.3 is 5.97 Å². The Kier molecular flexibility index (Phi) is 5.17. The quantitative estimate of drug-likeness (QED) is 0.775. The van der Waals surface area contributed by atoms with E-state index in [2.05, 4.69) is 21.2 Å². The van der Waals surface area contributed by atoms with E-state index in [1.165, 1.54) is 0 Å². The number of hydrogen-bond acceptors (Lipinski definition) is 2. The van der Waals surface area contributed by atoms with Crippen LogP contribution in [0.15, 0.2) is 16.6 Å². The molecule has 0 aliphatic heterocycles. The Morgan fingerprint density at radius 3 is 2.24 bits per heavy atom. The number of hydrogen-bond donors (Lipinski definition) is 2. The van der Waals surface area contributed by atoms with Crippen molar-refractivity contribution in [3.63, 3.8) is 0 Å². The zero-order valence-electron chi connectivity index (χ0n) is 11.1. The Labute approximate surface area is 140 Å². The van der Waals surface area contributed by atoms with Crippen LogP contribution < -0.4 is 5.32 Å². The van der Waals surface area contributed by atoms with Crippen LogP contribution >= 0.6 is 39.1 Å². The van der Waals surface area contributed by atoms with Gasteiger partial charge in [0, 0.05) is 10.9 Å². The Bertz CT molecular complexity index is 563. The lowest BCUT2D eigenvalue weighted by atomic mass is 9.82. The average Bonchev–Trinajstić information content (AvgIpc) is 2.83. The van der Waals surface area contributed by atoms with Crippen molar-refractivity contribution in [2.24, 2.45) is 5.41 Å². The first kappa shape index (κ1) is 16.6. The lowest BCUT2D eigenvalue weighted by Gasteiger charge is -2.23. The molecule has 7 heteroatoms. The molecule has 1 amide bonds. The second-order valence-corrected chi connectivity index (χ2v) is 6.99. The van der Waals surface area contributed by atoms with Crippen LogP contribution in [0.4, 0.5) is 5.69 Å². The molecule has 1 fully saturated rings. The van der Waals surface area contributed by atoms with E-state index in [1.807, 2.05) is 0 Å². The van der Waals surface area contributed by atoms with Crippen molar-refractivity contribution in [3.8, 4) is 0 Å². The maximum atomic E-state index is 12.2. The Morgan fingerprint density at radius 2 is 1.76 bits per heavy atom. The molecular weight excluding hydrogens is 381 g/mol. The molecule has 1 aromatic carbocycles. The molecule has 1 saturated carbocycles. The van der Waals surface area contributed by atoms with Gasteiger partial charge in [0.05, 0.1) is 21.1 Å². The van der Waals surface area contributed by atoms with Crippen LogP contribution in [0.25, 0.3) is 0 Å². The van der Waals surface area contributed by atoms with E-state index in [0.29, 0.717) is 33.0 Å². The molecule has 1 aromatic rings. The lowest BCUT2D eigenvalue weighted by molar-refractivity contribution is -0.150. The molecule has 21 heavy (non-hydrogen) atoms. The molecular formula is C14H14BrCl2NO3. The molecule has 114 valence electrons. The van der Waals surface area contributed by atoms with E-state index < -0.39 is 11.4 Å². The third-order valence-corrected chi connectivity index (χ3v) is 4.84. The summed E-state index contributed by atoms with van der Waals surface area (Å²) in [5, 5.41) is 12.6. The fourth-order valence-electron chi connectivity index (χ4n) is 2.67. The van der Waals surface area contributed by atoms with E-state index in [9.17, 15) is 14.7 Å². The Balaban J connectivity index is 2.14. The number of carbonyl (C=O) groups is 2. The smallest absolute Gasteiger partial charge is 0.310 e. The van der Waals surface area contributed by atoms with Gasteiger partial charge in [0.1, 0.15) is 0 Å². The molecule has 0 atom stereocenters. The van der Waals surface area contributed by atoms with Gasteiger partial charge in [0.2, 0.25) is 5.91 Å². The zero-order chi connectivity index (χ0) is 15.6. The van der Waals surface area contributed by atoms with Crippen LogP contribution in [-0.4, -0.2) is 17.0 Å². The van der Waals surface area contributed by atoms with Gasteiger partial charge in [-0.25, -0.2) is 0 Å². The Hall–Kier alpha value is -0.780. The summed E-state index contributed by atoms with van der Waals surface area (Å²) in [5.74, 6) is -1.30. The van der Waals surface area contributed by atoms with Crippen molar-refractivity contribution in [2.75, 3.05) is 5.32 Å². The lowest BCUT2D eigenvalue weighted by Crippen LogP contribution is -2.32. The highest BCUT2D eigenvalue weighted by Crippen LogP contribution is 2.42. The number of amides is 1. The standard InChI is InChI=1S/C14H14BrCl2NO3/c15-8-5-9(16)12(10(17)6-8)18-11(19)7-14(13(20)21)3-1-2-4-14/h5-6H,1-4,7H2,(H,18,19)(H,20,21). The topological polar surface area (TPSA) is 66.4 Å². The largest absolute Gasteiger partial charge is 0.481 e. The van der Waals surface area contributed by atoms with Gasteiger partial charge in [-0.3, -0.25) is 9.59 Å². The summed E-state index contributed by atoms with van der Waals surface area (Å²) in [5.41, 5.74) is -0.650. The maximum absolute atomic E-state index is 12.2. The van der Waals surface area contributed by atoms with Gasteiger partial charge in [-0.2, -0.15) is 0 Å². The molecule has 2 N–H and O–H groups in total. The Morgan fingerprint density at radius 1 is 1.24 bits per heavy atom. The summed E-state index contributed by atoms with van der Waals surface area (Å²) in [4.78, 5) is 23.6. The summed E-state index contributed by atoms with van der Waals surface area (Å²) in [7, 11) is 0. The molecule has 0 spiro atoms. The number of carboxylic acids is 1. The molecule has 0 saturated heterocycles. The predicted octanol–water partition coefficient (Wildman–Crippen LogP) is 4.73. The fraction of sp³-hybridized carbons (Fsp3) is 0.429. The van der Waals surface area contributed by atoms with E-state index in [1.54, 1.807) is 12.1 Å². The first-order valence-electron chi connectivity index (χ1n) is 6.52. The predicted molar refractivity (Wildman–Crippen MR) is 85.9 cm³/mol. The molecule has 0 radical (unpaired) electrons. The fourth-order valence-corrected chi connectivity index (χ4v) is 3.97. The van der Waals surface area contributed by atoms with Gasteiger partial charge < -0.3 is 10.4 Å². The molecule has 4 nitrogen and oxygen atoms in total. The number of nitrogens with one attached hydrogen (secondary N) is 1. The van der Waals surface area contributed by atoms with Crippen LogP contribution in [-0.2, 0) is 9.59 Å².